The maximum atomic E-state index is 13.0. The number of aliphatic hydroxyl groups is 1. The van der Waals surface area contributed by atoms with Crippen LogP contribution in [0, 0.1) is 0 Å². The maximum Gasteiger partial charge on any atom is 0.472 e. The predicted octanol–water partition coefficient (Wildman–Crippen LogP) is 20.8. The zero-order chi connectivity index (χ0) is 70.4. The molecule has 0 aliphatic carbocycles. The minimum atomic E-state index is -5.00. The van der Waals surface area contributed by atoms with Crippen molar-refractivity contribution in [1.82, 2.24) is 0 Å². The summed E-state index contributed by atoms with van der Waals surface area (Å²) < 4.78 is 68.1. The van der Waals surface area contributed by atoms with Gasteiger partial charge in [0.2, 0.25) is 0 Å². The van der Waals surface area contributed by atoms with Crippen LogP contribution in [0.4, 0.5) is 0 Å². The molecule has 0 aromatic heterocycles. The second-order valence-corrected chi connectivity index (χ2v) is 27.0. The molecule has 0 fully saturated rings. The molecular weight excluding hydrogens is 1260 g/mol. The van der Waals surface area contributed by atoms with Crippen molar-refractivity contribution in [3.8, 4) is 0 Å². The smallest absolute Gasteiger partial charge is 0.462 e. The summed E-state index contributed by atoms with van der Waals surface area (Å²) in [7, 11) is -9.98. The van der Waals surface area contributed by atoms with Crippen LogP contribution in [0.15, 0.2) is 122 Å². The van der Waals surface area contributed by atoms with Crippen LogP contribution in [-0.4, -0.2) is 96.7 Å². The summed E-state index contributed by atoms with van der Waals surface area (Å²) in [6, 6.07) is 0. The van der Waals surface area contributed by atoms with E-state index >= 15 is 0 Å². The van der Waals surface area contributed by atoms with E-state index in [0.29, 0.717) is 25.7 Å². The van der Waals surface area contributed by atoms with Gasteiger partial charge < -0.3 is 33.8 Å². The highest BCUT2D eigenvalue weighted by Crippen LogP contribution is 2.45. The van der Waals surface area contributed by atoms with Crippen molar-refractivity contribution in [3.63, 3.8) is 0 Å². The third-order valence-corrected chi connectivity index (χ3v) is 16.9. The SMILES string of the molecule is CC/C=C\C/C=C\C/C=C\C/C=C\C/C=C\CC(=O)OC(COC(=O)CCCCCCCC/C=C\C/C=C\C/C=C\C/C=C\CC)COP(=O)(O)OCC(O)COP(=O)(O)OCC(COC(=O)CCCCCCC/C=C\CCCC)OC(=O)CCCCCCCCCCCCC. The molecular formula is C77H130O17P2. The van der Waals surface area contributed by atoms with E-state index in [4.69, 9.17) is 37.0 Å². The number of carbonyl (C=O) groups is 4. The molecule has 5 unspecified atom stereocenters. The molecule has 0 amide bonds. The molecule has 0 aliphatic rings. The van der Waals surface area contributed by atoms with Crippen molar-refractivity contribution in [2.45, 2.75) is 303 Å². The van der Waals surface area contributed by atoms with Crippen molar-refractivity contribution in [2.24, 2.45) is 0 Å². The fourth-order valence-corrected chi connectivity index (χ4v) is 11.0. The Morgan fingerprint density at radius 1 is 0.312 bits per heavy atom. The molecule has 0 saturated heterocycles. The summed E-state index contributed by atoms with van der Waals surface area (Å²) in [4.78, 5) is 72.6. The molecule has 5 atom stereocenters. The number of allylic oxidation sites excluding steroid dienone is 19. The number of hydrogen-bond donors (Lipinski definition) is 3. The average molecular weight is 1390 g/mol. The Morgan fingerprint density at radius 3 is 0.969 bits per heavy atom. The summed E-state index contributed by atoms with van der Waals surface area (Å²) in [5.74, 6) is -2.35. The maximum absolute atomic E-state index is 13.0. The van der Waals surface area contributed by atoms with Gasteiger partial charge in [0, 0.05) is 19.3 Å². The summed E-state index contributed by atoms with van der Waals surface area (Å²) in [6.07, 6.45) is 73.8. The van der Waals surface area contributed by atoms with Gasteiger partial charge in [-0.15, -0.1) is 0 Å². The van der Waals surface area contributed by atoms with Crippen LogP contribution in [-0.2, 0) is 65.4 Å². The number of unbranched alkanes of at least 4 members (excludes halogenated alkanes) is 23. The van der Waals surface area contributed by atoms with E-state index in [1.807, 2.05) is 12.2 Å². The normalized spacial score (nSPS) is 14.7. The molecule has 17 nitrogen and oxygen atoms in total. The lowest BCUT2D eigenvalue weighted by Gasteiger charge is -2.21. The Kier molecular flexibility index (Phi) is 65.7. The predicted molar refractivity (Wildman–Crippen MR) is 390 cm³/mol. The number of aliphatic hydroxyl groups excluding tert-OH is 1. The molecule has 19 heteroatoms. The monoisotopic (exact) mass is 1390 g/mol. The zero-order valence-electron chi connectivity index (χ0n) is 59.8. The van der Waals surface area contributed by atoms with E-state index in [9.17, 15) is 43.2 Å². The Hall–Kier alpha value is -4.54. The van der Waals surface area contributed by atoms with Crippen LogP contribution in [0.3, 0.4) is 0 Å². The van der Waals surface area contributed by atoms with Gasteiger partial charge in [-0.2, -0.15) is 0 Å². The Balaban J connectivity index is 5.39. The van der Waals surface area contributed by atoms with Crippen LogP contribution >= 0.6 is 15.6 Å². The van der Waals surface area contributed by atoms with Gasteiger partial charge in [0.25, 0.3) is 0 Å². The van der Waals surface area contributed by atoms with Crippen LogP contribution in [0.2, 0.25) is 0 Å². The molecule has 0 radical (unpaired) electrons. The number of rotatable bonds is 68. The van der Waals surface area contributed by atoms with E-state index < -0.39 is 97.5 Å². The third kappa shape index (κ3) is 68.0. The van der Waals surface area contributed by atoms with Gasteiger partial charge in [-0.3, -0.25) is 37.3 Å². The molecule has 0 spiro atoms. The van der Waals surface area contributed by atoms with Gasteiger partial charge in [0.05, 0.1) is 32.8 Å². The zero-order valence-corrected chi connectivity index (χ0v) is 61.5. The highest BCUT2D eigenvalue weighted by molar-refractivity contribution is 7.47. The minimum absolute atomic E-state index is 0.0921. The van der Waals surface area contributed by atoms with Crippen molar-refractivity contribution in [1.29, 1.82) is 0 Å². The lowest BCUT2D eigenvalue weighted by Crippen LogP contribution is -2.30. The molecule has 0 rings (SSSR count). The summed E-state index contributed by atoms with van der Waals surface area (Å²) in [5.41, 5.74) is 0. The van der Waals surface area contributed by atoms with Crippen molar-refractivity contribution in [3.05, 3.63) is 122 Å². The quantitative estimate of drug-likeness (QED) is 0.0169. The Bertz CT molecular complexity index is 2300. The van der Waals surface area contributed by atoms with Crippen molar-refractivity contribution in [2.75, 3.05) is 39.6 Å². The Labute approximate surface area is 581 Å². The van der Waals surface area contributed by atoms with Gasteiger partial charge in [0.1, 0.15) is 19.3 Å². The van der Waals surface area contributed by atoms with Crippen LogP contribution in [0.1, 0.15) is 285 Å². The summed E-state index contributed by atoms with van der Waals surface area (Å²) in [5, 5.41) is 10.6. The van der Waals surface area contributed by atoms with Gasteiger partial charge in [-0.25, -0.2) is 9.13 Å². The average Bonchev–Trinajstić information content (AvgIpc) is 1.16. The molecule has 0 heterocycles. The van der Waals surface area contributed by atoms with Crippen LogP contribution in [0.25, 0.3) is 0 Å². The fourth-order valence-electron chi connectivity index (χ4n) is 9.38. The van der Waals surface area contributed by atoms with Crippen molar-refractivity contribution >= 4 is 39.5 Å². The van der Waals surface area contributed by atoms with E-state index in [-0.39, 0.29) is 25.7 Å². The van der Waals surface area contributed by atoms with E-state index in [1.165, 1.54) is 51.4 Å². The first-order valence-electron chi connectivity index (χ1n) is 36.8. The molecule has 96 heavy (non-hydrogen) atoms. The third-order valence-electron chi connectivity index (χ3n) is 15.0. The Morgan fingerprint density at radius 2 is 0.594 bits per heavy atom. The molecule has 0 aromatic carbocycles. The number of ether oxygens (including phenoxy) is 4. The second-order valence-electron chi connectivity index (χ2n) is 24.1. The van der Waals surface area contributed by atoms with Crippen molar-refractivity contribution < 1.29 is 80.2 Å². The molecule has 0 aliphatic heterocycles. The first kappa shape index (κ1) is 91.5. The fraction of sp³-hybridized carbons (Fsp3) is 0.688. The van der Waals surface area contributed by atoms with Crippen LogP contribution in [0.5, 0.6) is 0 Å². The van der Waals surface area contributed by atoms with Gasteiger partial charge in [-0.05, 0) is 109 Å². The van der Waals surface area contributed by atoms with Crippen LogP contribution < -0.4 is 0 Å². The van der Waals surface area contributed by atoms with E-state index in [2.05, 4.69) is 125 Å². The van der Waals surface area contributed by atoms with E-state index in [1.54, 1.807) is 12.2 Å². The number of carbonyl (C=O) groups excluding carboxylic acids is 4. The summed E-state index contributed by atoms with van der Waals surface area (Å²) >= 11 is 0. The number of phosphoric ester groups is 2. The molecule has 550 valence electrons. The highest BCUT2D eigenvalue weighted by Gasteiger charge is 2.30. The molecule has 0 aromatic rings. The lowest BCUT2D eigenvalue weighted by molar-refractivity contribution is -0.161. The largest absolute Gasteiger partial charge is 0.472 e. The number of phosphoric acid groups is 2. The molecule has 3 N–H and O–H groups in total. The topological polar surface area (TPSA) is 237 Å². The molecule has 0 bridgehead atoms. The number of hydrogen-bond acceptors (Lipinski definition) is 15. The molecule has 0 saturated carbocycles. The van der Waals surface area contributed by atoms with E-state index in [0.717, 1.165) is 154 Å². The highest BCUT2D eigenvalue weighted by atomic mass is 31.2. The lowest BCUT2D eigenvalue weighted by atomic mass is 10.1. The van der Waals surface area contributed by atoms with Gasteiger partial charge >= 0.3 is 39.5 Å². The van der Waals surface area contributed by atoms with Gasteiger partial charge in [-0.1, -0.05) is 271 Å². The number of esters is 4. The second kappa shape index (κ2) is 69.0. The van der Waals surface area contributed by atoms with Gasteiger partial charge in [0.15, 0.2) is 12.2 Å². The first-order chi connectivity index (χ1) is 46.7. The standard InChI is InChI=1S/C77H130O17P2/c1-5-9-13-17-21-25-29-31-33-34-35-36-38-39-43-46-50-54-58-62-75(80)88-68-73(94-77(82)64-60-56-52-48-44-40-37-32-30-26-22-18-14-10-6-2)70-92-96(85,86)90-66-71(78)65-89-95(83,84)91-69-72(93-76(81)63-59-55-51-47-42-28-24-20-16-12-8-4)67-87-74(79)61-57-53-49-45-41-27-23-19-15-11-7-3/h9-10,13-14,19,21-23,25-26,31-33,35-37,44,48,56,60,71-73,78H,5-8,11-12,15-18,20,24,27-30,34,38-43,45-47,49-55,57-59,61-70H2,1-4H3,(H,83,84)(H,85,86)/b13-9-,14-10-,23-19-,25-21-,26-22-,33-31-,36-35-,37-32-,48-44-,60-56-. The minimum Gasteiger partial charge on any atom is -0.462 e. The first-order valence-corrected chi connectivity index (χ1v) is 39.8. The summed E-state index contributed by atoms with van der Waals surface area (Å²) in [6.45, 7) is 4.45.